The number of aliphatic hydroxyl groups is 2. The minimum absolute atomic E-state index is 0. The van der Waals surface area contributed by atoms with E-state index in [9.17, 15) is 34.2 Å². The van der Waals surface area contributed by atoms with Crippen molar-refractivity contribution in [1.29, 1.82) is 0 Å². The molecular formula is C65H81Cl2N2O9+. The second-order valence-corrected chi connectivity index (χ2v) is 20.6. The number of aldehydes is 1. The zero-order chi connectivity index (χ0) is 55.8. The van der Waals surface area contributed by atoms with E-state index in [4.69, 9.17) is 21.8 Å². The fraction of sp³-hybridized carbons (Fsp3) is 0.354. The lowest BCUT2D eigenvalue weighted by molar-refractivity contribution is -0.158. The van der Waals surface area contributed by atoms with Crippen molar-refractivity contribution in [3.05, 3.63) is 220 Å². The van der Waals surface area contributed by atoms with Crippen LogP contribution in [0.2, 0.25) is 0 Å². The maximum Gasteiger partial charge on any atom is 0.307 e. The van der Waals surface area contributed by atoms with E-state index in [1.165, 1.54) is 0 Å². The van der Waals surface area contributed by atoms with Gasteiger partial charge in [0.2, 0.25) is 0 Å². The topological polar surface area (TPSA) is 175 Å². The van der Waals surface area contributed by atoms with Gasteiger partial charge in [0.1, 0.15) is 29.7 Å². The summed E-state index contributed by atoms with van der Waals surface area (Å²) >= 11 is 0. The molecule has 11 nitrogen and oxygen atoms in total. The van der Waals surface area contributed by atoms with Crippen molar-refractivity contribution in [2.75, 3.05) is 0 Å². The SMILES string of the molecule is C#[N+]Cc1ccccc1.CC(C)(C)OC(=O)C[C@@H](Cc1ccccc1)C(O)C(=O)CCc1ccccc1.CC(C)(C)OC(=O)C[C@H](C=O)Cc1ccccc1.Cl.Cl.N[C@@H](Cc1ccccc1)C(O)C(=O)CCc1ccccc1. The Bertz CT molecular complexity index is 2630. The zero-order valence-electron chi connectivity index (χ0n) is 46.0. The van der Waals surface area contributed by atoms with E-state index < -0.39 is 41.3 Å². The van der Waals surface area contributed by atoms with E-state index in [1.54, 1.807) is 20.8 Å². The van der Waals surface area contributed by atoms with E-state index in [-0.39, 0.29) is 67.5 Å². The van der Waals surface area contributed by atoms with Crippen LogP contribution in [-0.4, -0.2) is 69.5 Å². The number of halogens is 2. The molecule has 4 N–H and O–H groups in total. The number of esters is 2. The molecule has 0 amide bonds. The lowest BCUT2D eigenvalue weighted by Crippen LogP contribution is -2.42. The summed E-state index contributed by atoms with van der Waals surface area (Å²) in [6.07, 6.45) is 1.94. The minimum atomic E-state index is -1.20. The molecule has 6 aromatic carbocycles. The van der Waals surface area contributed by atoms with Gasteiger partial charge in [0, 0.05) is 36.3 Å². The summed E-state index contributed by atoms with van der Waals surface area (Å²) in [5.41, 5.74) is 11.2. The number of hydrogen-bond donors (Lipinski definition) is 3. The number of ether oxygens (including phenoxy) is 2. The number of benzene rings is 6. The predicted octanol–water partition coefficient (Wildman–Crippen LogP) is 12.0. The van der Waals surface area contributed by atoms with E-state index in [0.29, 0.717) is 45.1 Å². The number of carbonyl (C=O) groups is 5. The average Bonchev–Trinajstić information content (AvgIpc) is 3.40. The number of Topliss-reactive ketones (excluding diaryl/α,β-unsaturated/α-hetero) is 2. The third kappa shape index (κ3) is 30.8. The quantitative estimate of drug-likeness (QED) is 0.0438. The first-order valence-electron chi connectivity index (χ1n) is 25.9. The van der Waals surface area contributed by atoms with Crippen LogP contribution in [-0.2, 0) is 72.1 Å². The van der Waals surface area contributed by atoms with Crippen LogP contribution >= 0.6 is 24.8 Å². The molecule has 0 aromatic heterocycles. The van der Waals surface area contributed by atoms with Crippen molar-refractivity contribution in [2.24, 2.45) is 17.6 Å². The summed E-state index contributed by atoms with van der Waals surface area (Å²) in [7, 11) is 0. The Hall–Kier alpha value is -6.78. The average molecular weight is 1110 g/mol. The summed E-state index contributed by atoms with van der Waals surface area (Å²) in [6, 6.07) is 57.7. The van der Waals surface area contributed by atoms with Gasteiger partial charge in [0.15, 0.2) is 11.6 Å². The fourth-order valence-electron chi connectivity index (χ4n) is 7.80. The van der Waals surface area contributed by atoms with Crippen molar-refractivity contribution in [2.45, 2.75) is 135 Å². The number of ketones is 2. The molecule has 0 radical (unpaired) electrons. The zero-order valence-corrected chi connectivity index (χ0v) is 47.7. The van der Waals surface area contributed by atoms with Gasteiger partial charge in [-0.05, 0) is 101 Å². The maximum atomic E-state index is 12.6. The molecule has 5 atom stereocenters. The maximum absolute atomic E-state index is 12.6. The molecule has 0 aliphatic rings. The lowest BCUT2D eigenvalue weighted by atomic mass is 9.87. The molecule has 0 aliphatic carbocycles. The smallest absolute Gasteiger partial charge is 0.307 e. The van der Waals surface area contributed by atoms with E-state index in [1.807, 2.05) is 203 Å². The Morgan fingerprint density at radius 2 is 0.821 bits per heavy atom. The molecule has 6 rings (SSSR count). The van der Waals surface area contributed by atoms with E-state index >= 15 is 0 Å². The highest BCUT2D eigenvalue weighted by atomic mass is 35.5. The van der Waals surface area contributed by atoms with Crippen LogP contribution in [0.3, 0.4) is 0 Å². The molecule has 13 heteroatoms. The first-order chi connectivity index (χ1) is 36.2. The fourth-order valence-corrected chi connectivity index (χ4v) is 7.80. The third-order valence-electron chi connectivity index (χ3n) is 11.5. The van der Waals surface area contributed by atoms with Crippen molar-refractivity contribution in [3.8, 4) is 6.57 Å². The molecule has 78 heavy (non-hydrogen) atoms. The van der Waals surface area contributed by atoms with Crippen LogP contribution in [0.15, 0.2) is 182 Å². The Kier molecular flexibility index (Phi) is 33.6. The number of rotatable bonds is 22. The van der Waals surface area contributed by atoms with Gasteiger partial charge in [0.25, 0.3) is 13.1 Å². The van der Waals surface area contributed by atoms with E-state index in [0.717, 1.165) is 39.7 Å². The molecule has 0 fully saturated rings. The van der Waals surface area contributed by atoms with Gasteiger partial charge in [-0.25, -0.2) is 0 Å². The highest BCUT2D eigenvalue weighted by Crippen LogP contribution is 2.22. The summed E-state index contributed by atoms with van der Waals surface area (Å²) in [5.74, 6) is -1.99. The van der Waals surface area contributed by atoms with E-state index in [2.05, 4.69) is 4.85 Å². The van der Waals surface area contributed by atoms with Crippen molar-refractivity contribution < 1.29 is 43.7 Å². The first kappa shape index (κ1) is 69.2. The number of nitrogens with zero attached hydrogens (tertiary/aromatic N) is 1. The summed E-state index contributed by atoms with van der Waals surface area (Å²) < 4.78 is 10.6. The van der Waals surface area contributed by atoms with Gasteiger partial charge in [-0.15, -0.1) is 24.8 Å². The highest BCUT2D eigenvalue weighted by Gasteiger charge is 2.30. The largest absolute Gasteiger partial charge is 0.460 e. The Balaban J connectivity index is 0.000000545. The molecule has 0 bridgehead atoms. The third-order valence-corrected chi connectivity index (χ3v) is 11.5. The van der Waals surface area contributed by atoms with Crippen LogP contribution < -0.4 is 5.73 Å². The van der Waals surface area contributed by atoms with Gasteiger partial charge in [0.05, 0.1) is 12.8 Å². The molecule has 0 spiro atoms. The Labute approximate surface area is 475 Å². The summed E-state index contributed by atoms with van der Waals surface area (Å²) in [5, 5.41) is 20.8. The molecular weight excluding hydrogens is 1020 g/mol. The molecule has 2 unspecified atom stereocenters. The first-order valence-corrected chi connectivity index (χ1v) is 25.9. The van der Waals surface area contributed by atoms with Crippen LogP contribution in [0.25, 0.3) is 4.85 Å². The number of aryl methyl sites for hydroxylation is 2. The van der Waals surface area contributed by atoms with Gasteiger partial charge in [-0.1, -0.05) is 187 Å². The second-order valence-electron chi connectivity index (χ2n) is 20.6. The minimum Gasteiger partial charge on any atom is -0.460 e. The molecule has 0 saturated carbocycles. The second kappa shape index (κ2) is 37.9. The van der Waals surface area contributed by atoms with Crippen molar-refractivity contribution in [3.63, 3.8) is 0 Å². The predicted molar refractivity (Wildman–Crippen MR) is 317 cm³/mol. The molecule has 0 saturated heterocycles. The Morgan fingerprint density at radius 1 is 0.500 bits per heavy atom. The van der Waals surface area contributed by atoms with Crippen LogP contribution in [0.4, 0.5) is 0 Å². The van der Waals surface area contributed by atoms with Crippen LogP contribution in [0.5, 0.6) is 0 Å². The normalized spacial score (nSPS) is 12.5. The number of hydrogen-bond acceptors (Lipinski definition) is 10. The molecule has 0 aliphatic heterocycles. The van der Waals surface area contributed by atoms with Crippen molar-refractivity contribution >= 4 is 54.6 Å². The van der Waals surface area contributed by atoms with Gasteiger partial charge < -0.3 is 30.2 Å². The van der Waals surface area contributed by atoms with Crippen molar-refractivity contribution in [1.82, 2.24) is 0 Å². The Morgan fingerprint density at radius 3 is 1.18 bits per heavy atom. The number of nitrogens with two attached hydrogens (primary N) is 1. The van der Waals surface area contributed by atoms with Crippen LogP contribution in [0, 0.1) is 18.4 Å². The summed E-state index contributed by atoms with van der Waals surface area (Å²) in [4.78, 5) is 63.1. The van der Waals surface area contributed by atoms with Gasteiger partial charge in [-0.3, -0.25) is 19.2 Å². The molecule has 418 valence electrons. The number of carbonyl (C=O) groups excluding carboxylic acids is 5. The lowest BCUT2D eigenvalue weighted by Gasteiger charge is -2.25. The molecule has 0 heterocycles. The summed E-state index contributed by atoms with van der Waals surface area (Å²) in [6.45, 7) is 16.5. The standard InChI is InChI=1S/C24H30O4.C18H21NO2.C15H20O3.C8H8N.2ClH/c1-24(2,3)28-22(26)17-20(16-19-12-8-5-9-13-19)23(27)21(25)15-14-18-10-6-4-7-11-18;19-16(13-15-9-5-2-6-10-15)18(21)17(20)12-11-14-7-3-1-4-8-14;1-15(2,3)18-14(17)10-13(11-16)9-12-7-5-4-6-8-12;1-9-7-8-5-3-2-4-6-8;;/h4-13,20,23,27H,14-17H2,1-3H3;1-10,16,18,21H,11-13,19H2;4-8,11,13H,9-10H2,1-3H3;1-6H,7H2;2*1H/q;;;+1;;/t20-,23?;16-,18?;13-;;;/m101.../s1. The monoisotopic (exact) mass is 1100 g/mol. The van der Waals surface area contributed by atoms with Crippen LogP contribution in [0.1, 0.15) is 101 Å². The highest BCUT2D eigenvalue weighted by molar-refractivity contribution is 5.86. The number of aliphatic hydroxyl groups excluding tert-OH is 2. The van der Waals surface area contributed by atoms with Gasteiger partial charge >= 0.3 is 11.9 Å². The molecule has 6 aromatic rings. The van der Waals surface area contributed by atoms with Gasteiger partial charge in [-0.2, -0.15) is 0 Å².